The van der Waals surface area contributed by atoms with E-state index in [4.69, 9.17) is 34.8 Å². The molecule has 0 unspecified atom stereocenters. The highest BCUT2D eigenvalue weighted by Crippen LogP contribution is 2.31. The minimum Gasteiger partial charge on any atom is -0.350 e. The van der Waals surface area contributed by atoms with E-state index in [0.717, 1.165) is 9.87 Å². The molecule has 0 radical (unpaired) electrons. The lowest BCUT2D eigenvalue weighted by Crippen LogP contribution is -2.54. The van der Waals surface area contributed by atoms with Gasteiger partial charge < -0.3 is 10.2 Å². The number of hydrogen-bond donors (Lipinski definition) is 1. The summed E-state index contributed by atoms with van der Waals surface area (Å²) in [7, 11) is -4.20. The van der Waals surface area contributed by atoms with Crippen LogP contribution in [-0.2, 0) is 26.2 Å². The van der Waals surface area contributed by atoms with Crippen molar-refractivity contribution in [1.29, 1.82) is 0 Å². The minimum absolute atomic E-state index is 0.00773. The maximum atomic E-state index is 13.9. The zero-order chi connectivity index (χ0) is 29.0. The molecule has 0 fully saturated rings. The van der Waals surface area contributed by atoms with Gasteiger partial charge in [-0.15, -0.1) is 0 Å². The molecule has 208 valence electrons. The van der Waals surface area contributed by atoms with Crippen molar-refractivity contribution in [3.8, 4) is 0 Å². The standard InChI is InChI=1S/C28H30Cl3N3O4S/c1-19(27(36)32-28(2,3)4)33(17-20-10-12-21(29)13-11-20)26(35)18-34(22-14-15-24(30)25(31)16-22)39(37,38)23-8-6-5-7-9-23/h5-16,19H,17-18H2,1-4H3,(H,32,36)/t19-/m0/s1. The van der Waals surface area contributed by atoms with Gasteiger partial charge in [0.25, 0.3) is 10.0 Å². The maximum absolute atomic E-state index is 13.9. The van der Waals surface area contributed by atoms with Gasteiger partial charge in [-0.3, -0.25) is 13.9 Å². The molecule has 0 saturated carbocycles. The molecule has 0 bridgehead atoms. The first-order chi connectivity index (χ1) is 18.2. The Labute approximate surface area is 244 Å². The lowest BCUT2D eigenvalue weighted by Gasteiger charge is -2.33. The van der Waals surface area contributed by atoms with Crippen molar-refractivity contribution in [3.05, 3.63) is 93.4 Å². The molecule has 1 N–H and O–H groups in total. The zero-order valence-electron chi connectivity index (χ0n) is 22.0. The predicted molar refractivity (Wildman–Crippen MR) is 157 cm³/mol. The number of hydrogen-bond acceptors (Lipinski definition) is 4. The molecule has 3 aromatic carbocycles. The summed E-state index contributed by atoms with van der Waals surface area (Å²) in [6, 6.07) is 18.0. The third kappa shape index (κ3) is 8.11. The minimum atomic E-state index is -4.20. The molecule has 7 nitrogen and oxygen atoms in total. The average Bonchev–Trinajstić information content (AvgIpc) is 2.87. The number of halogens is 3. The van der Waals surface area contributed by atoms with Gasteiger partial charge in [0.15, 0.2) is 0 Å². The molecule has 39 heavy (non-hydrogen) atoms. The lowest BCUT2D eigenvalue weighted by atomic mass is 10.1. The summed E-state index contributed by atoms with van der Waals surface area (Å²) in [5.41, 5.74) is 0.332. The average molecular weight is 611 g/mol. The fourth-order valence-electron chi connectivity index (χ4n) is 3.73. The highest BCUT2D eigenvalue weighted by Gasteiger charge is 2.33. The van der Waals surface area contributed by atoms with Crippen LogP contribution in [0.4, 0.5) is 5.69 Å². The van der Waals surface area contributed by atoms with Gasteiger partial charge in [-0.25, -0.2) is 8.42 Å². The highest BCUT2D eigenvalue weighted by molar-refractivity contribution is 7.92. The van der Waals surface area contributed by atoms with Gasteiger partial charge in [0.05, 0.1) is 20.6 Å². The number of nitrogens with zero attached hydrogens (tertiary/aromatic N) is 2. The molecule has 3 rings (SSSR count). The molecule has 0 aromatic heterocycles. The fourth-order valence-corrected chi connectivity index (χ4v) is 5.58. The second-order valence-electron chi connectivity index (χ2n) is 9.99. The fraction of sp³-hybridized carbons (Fsp3) is 0.286. The van der Waals surface area contributed by atoms with Crippen LogP contribution in [0.3, 0.4) is 0 Å². The van der Waals surface area contributed by atoms with Crippen molar-refractivity contribution in [2.24, 2.45) is 0 Å². The van der Waals surface area contributed by atoms with Crippen LogP contribution in [0.25, 0.3) is 0 Å². The van der Waals surface area contributed by atoms with Crippen molar-refractivity contribution < 1.29 is 18.0 Å². The van der Waals surface area contributed by atoms with Crippen LogP contribution < -0.4 is 9.62 Å². The Hall–Kier alpha value is -2.78. The summed E-state index contributed by atoms with van der Waals surface area (Å²) >= 11 is 18.3. The van der Waals surface area contributed by atoms with Crippen LogP contribution in [0.2, 0.25) is 15.1 Å². The van der Waals surface area contributed by atoms with Gasteiger partial charge in [-0.05, 0) is 75.7 Å². The molecule has 0 aliphatic carbocycles. The summed E-state index contributed by atoms with van der Waals surface area (Å²) in [5, 5.41) is 3.78. The molecular formula is C28H30Cl3N3O4S. The molecule has 11 heteroatoms. The van der Waals surface area contributed by atoms with E-state index in [-0.39, 0.29) is 33.1 Å². The number of nitrogens with one attached hydrogen (secondary N) is 1. The Morgan fingerprint density at radius 2 is 1.51 bits per heavy atom. The van der Waals surface area contributed by atoms with E-state index in [2.05, 4.69) is 5.32 Å². The largest absolute Gasteiger partial charge is 0.350 e. The summed E-state index contributed by atoms with van der Waals surface area (Å²) < 4.78 is 28.5. The van der Waals surface area contributed by atoms with Crippen LogP contribution >= 0.6 is 34.8 Å². The second kappa shape index (κ2) is 12.6. The Morgan fingerprint density at radius 3 is 2.08 bits per heavy atom. The first kappa shape index (κ1) is 30.8. The molecule has 2 amide bonds. The van der Waals surface area contributed by atoms with Crippen LogP contribution in [-0.4, -0.2) is 43.3 Å². The van der Waals surface area contributed by atoms with Gasteiger partial charge in [0, 0.05) is 17.1 Å². The Kier molecular flexibility index (Phi) is 9.93. The number of carbonyl (C=O) groups excluding carboxylic acids is 2. The monoisotopic (exact) mass is 609 g/mol. The SMILES string of the molecule is C[C@@H](C(=O)NC(C)(C)C)N(Cc1ccc(Cl)cc1)C(=O)CN(c1ccc(Cl)c(Cl)c1)S(=O)(=O)c1ccccc1. The van der Waals surface area contributed by atoms with E-state index in [9.17, 15) is 18.0 Å². The molecule has 0 heterocycles. The van der Waals surface area contributed by atoms with Crippen molar-refractivity contribution in [2.45, 2.75) is 50.7 Å². The summed E-state index contributed by atoms with van der Waals surface area (Å²) in [6.07, 6.45) is 0. The molecule has 1 atom stereocenters. The molecule has 0 spiro atoms. The molecule has 0 saturated heterocycles. The maximum Gasteiger partial charge on any atom is 0.264 e. The summed E-state index contributed by atoms with van der Waals surface area (Å²) in [5.74, 6) is -0.969. The van der Waals surface area contributed by atoms with Crippen LogP contribution in [0.1, 0.15) is 33.3 Å². The highest BCUT2D eigenvalue weighted by atomic mass is 35.5. The van der Waals surface area contributed by atoms with E-state index in [1.807, 2.05) is 20.8 Å². The third-order valence-corrected chi connectivity index (χ3v) is 8.51. The topological polar surface area (TPSA) is 86.8 Å². The Bertz CT molecular complexity index is 1430. The Morgan fingerprint density at radius 1 is 0.897 bits per heavy atom. The smallest absolute Gasteiger partial charge is 0.264 e. The third-order valence-electron chi connectivity index (χ3n) is 5.73. The van der Waals surface area contributed by atoms with Crippen molar-refractivity contribution in [1.82, 2.24) is 10.2 Å². The zero-order valence-corrected chi connectivity index (χ0v) is 25.1. The van der Waals surface area contributed by atoms with Gasteiger partial charge >= 0.3 is 0 Å². The van der Waals surface area contributed by atoms with E-state index in [1.54, 1.807) is 49.4 Å². The summed E-state index contributed by atoms with van der Waals surface area (Å²) in [4.78, 5) is 28.3. The Balaban J connectivity index is 2.04. The van der Waals surface area contributed by atoms with Gasteiger partial charge in [-0.2, -0.15) is 0 Å². The first-order valence-electron chi connectivity index (χ1n) is 12.1. The second-order valence-corrected chi connectivity index (χ2v) is 13.1. The van der Waals surface area contributed by atoms with E-state index in [1.165, 1.54) is 35.2 Å². The van der Waals surface area contributed by atoms with Crippen LogP contribution in [0.15, 0.2) is 77.7 Å². The van der Waals surface area contributed by atoms with Crippen LogP contribution in [0, 0.1) is 0 Å². The summed E-state index contributed by atoms with van der Waals surface area (Å²) in [6.45, 7) is 6.57. The normalized spacial score (nSPS) is 12.5. The number of benzene rings is 3. The van der Waals surface area contributed by atoms with E-state index in [0.29, 0.717) is 5.02 Å². The van der Waals surface area contributed by atoms with Crippen molar-refractivity contribution in [3.63, 3.8) is 0 Å². The van der Waals surface area contributed by atoms with Gasteiger partial charge in [-0.1, -0.05) is 65.1 Å². The van der Waals surface area contributed by atoms with Crippen LogP contribution in [0.5, 0.6) is 0 Å². The van der Waals surface area contributed by atoms with Crippen molar-refractivity contribution in [2.75, 3.05) is 10.8 Å². The molecule has 0 aliphatic rings. The van der Waals surface area contributed by atoms with Crippen molar-refractivity contribution >= 4 is 62.3 Å². The van der Waals surface area contributed by atoms with Gasteiger partial charge in [0.2, 0.25) is 11.8 Å². The number of sulfonamides is 1. The van der Waals surface area contributed by atoms with E-state index >= 15 is 0 Å². The van der Waals surface area contributed by atoms with E-state index < -0.39 is 34.1 Å². The predicted octanol–water partition coefficient (Wildman–Crippen LogP) is 6.17. The number of carbonyl (C=O) groups is 2. The van der Waals surface area contributed by atoms with Gasteiger partial charge in [0.1, 0.15) is 12.6 Å². The molecule has 3 aromatic rings. The number of amides is 2. The number of rotatable bonds is 9. The molecular weight excluding hydrogens is 581 g/mol. The first-order valence-corrected chi connectivity index (χ1v) is 14.7. The molecule has 0 aliphatic heterocycles. The number of anilines is 1. The quantitative estimate of drug-likeness (QED) is 0.314. The lowest BCUT2D eigenvalue weighted by molar-refractivity contribution is -0.140.